The van der Waals surface area contributed by atoms with Gasteiger partial charge in [-0.25, -0.2) is 0 Å². The van der Waals surface area contributed by atoms with Crippen LogP contribution in [0.5, 0.6) is 0 Å². The average Bonchev–Trinajstić information content (AvgIpc) is 3.05. The summed E-state index contributed by atoms with van der Waals surface area (Å²) in [7, 11) is 0. The lowest BCUT2D eigenvalue weighted by molar-refractivity contribution is 0.639. The van der Waals surface area contributed by atoms with E-state index in [2.05, 4.69) is 51.2 Å². The molecule has 0 spiro atoms. The highest BCUT2D eigenvalue weighted by atomic mass is 15.3. The number of aromatic nitrogens is 4. The van der Waals surface area contributed by atoms with Crippen LogP contribution < -0.4 is 0 Å². The topological polar surface area (TPSA) is 46.5 Å². The van der Waals surface area contributed by atoms with Crippen LogP contribution in [0.4, 0.5) is 0 Å². The molecule has 1 aromatic carbocycles. The van der Waals surface area contributed by atoms with E-state index in [1.165, 1.54) is 22.4 Å². The Bertz CT molecular complexity index is 752. The van der Waals surface area contributed by atoms with Crippen molar-refractivity contribution in [3.63, 3.8) is 0 Å². The van der Waals surface area contributed by atoms with Gasteiger partial charge in [0.2, 0.25) is 0 Å². The molecule has 1 N–H and O–H groups in total. The summed E-state index contributed by atoms with van der Waals surface area (Å²) in [5, 5.41) is 12.1. The highest BCUT2D eigenvalue weighted by molar-refractivity contribution is 5.68. The predicted octanol–water partition coefficient (Wildman–Crippen LogP) is 2.73. The first-order valence-corrected chi connectivity index (χ1v) is 6.96. The highest BCUT2D eigenvalue weighted by Gasteiger charge is 2.23. The fourth-order valence-electron chi connectivity index (χ4n) is 3.00. The maximum absolute atomic E-state index is 4.57. The summed E-state index contributed by atoms with van der Waals surface area (Å²) in [6.07, 6.45) is 4.05. The molecule has 4 nitrogen and oxygen atoms in total. The summed E-state index contributed by atoms with van der Waals surface area (Å²) in [5.74, 6) is 0. The van der Waals surface area contributed by atoms with Crippen LogP contribution in [0, 0.1) is 6.92 Å². The van der Waals surface area contributed by atoms with E-state index in [1.54, 1.807) is 0 Å². The van der Waals surface area contributed by atoms with Gasteiger partial charge in [-0.05, 0) is 25.3 Å². The third-order valence-corrected chi connectivity index (χ3v) is 4.08. The van der Waals surface area contributed by atoms with E-state index < -0.39 is 0 Å². The van der Waals surface area contributed by atoms with Crippen LogP contribution in [0.25, 0.3) is 11.3 Å². The SMILES string of the molecule is Cc1n[nH]c2c1CCc1c-2cnn1Cc1ccccc1. The molecule has 0 fully saturated rings. The molecule has 1 aliphatic rings. The van der Waals surface area contributed by atoms with E-state index in [0.29, 0.717) is 0 Å². The Kier molecular flexibility index (Phi) is 2.49. The van der Waals surface area contributed by atoms with E-state index in [1.807, 2.05) is 12.3 Å². The van der Waals surface area contributed by atoms with Crippen molar-refractivity contribution >= 4 is 0 Å². The number of hydrogen-bond donors (Lipinski definition) is 1. The largest absolute Gasteiger partial charge is 0.277 e. The van der Waals surface area contributed by atoms with Crippen LogP contribution in [0.2, 0.25) is 0 Å². The molecule has 4 rings (SSSR count). The molecule has 1 aliphatic carbocycles. The van der Waals surface area contributed by atoms with Crippen molar-refractivity contribution in [3.8, 4) is 11.3 Å². The lowest BCUT2D eigenvalue weighted by Crippen LogP contribution is -2.11. The van der Waals surface area contributed by atoms with Gasteiger partial charge >= 0.3 is 0 Å². The number of fused-ring (bicyclic) bond motifs is 3. The second-order valence-electron chi connectivity index (χ2n) is 5.31. The Morgan fingerprint density at radius 2 is 2.05 bits per heavy atom. The van der Waals surface area contributed by atoms with E-state index in [4.69, 9.17) is 0 Å². The zero-order valence-corrected chi connectivity index (χ0v) is 11.4. The van der Waals surface area contributed by atoms with Gasteiger partial charge < -0.3 is 0 Å². The van der Waals surface area contributed by atoms with Crippen molar-refractivity contribution in [2.45, 2.75) is 26.3 Å². The summed E-state index contributed by atoms with van der Waals surface area (Å²) in [5.41, 5.74) is 7.42. The van der Waals surface area contributed by atoms with Crippen LogP contribution in [-0.4, -0.2) is 20.0 Å². The predicted molar refractivity (Wildman–Crippen MR) is 77.5 cm³/mol. The minimum absolute atomic E-state index is 0.832. The smallest absolute Gasteiger partial charge is 0.0719 e. The zero-order valence-electron chi connectivity index (χ0n) is 11.4. The third-order valence-electron chi connectivity index (χ3n) is 4.08. The van der Waals surface area contributed by atoms with E-state index in [9.17, 15) is 0 Å². The molecule has 0 radical (unpaired) electrons. The number of nitrogens with one attached hydrogen (secondary N) is 1. The van der Waals surface area contributed by atoms with Crippen LogP contribution >= 0.6 is 0 Å². The number of aryl methyl sites for hydroxylation is 1. The molecular formula is C16H16N4. The third kappa shape index (κ3) is 1.68. The molecular weight excluding hydrogens is 248 g/mol. The van der Waals surface area contributed by atoms with E-state index in [-0.39, 0.29) is 0 Å². The fraction of sp³-hybridized carbons (Fsp3) is 0.250. The number of benzene rings is 1. The van der Waals surface area contributed by atoms with Crippen molar-refractivity contribution in [1.29, 1.82) is 0 Å². The molecule has 0 saturated carbocycles. The number of H-pyrrole nitrogens is 1. The van der Waals surface area contributed by atoms with Crippen molar-refractivity contribution in [1.82, 2.24) is 20.0 Å². The van der Waals surface area contributed by atoms with Gasteiger partial charge in [-0.3, -0.25) is 9.78 Å². The van der Waals surface area contributed by atoms with Gasteiger partial charge in [0, 0.05) is 16.8 Å². The first kappa shape index (κ1) is 11.5. The van der Waals surface area contributed by atoms with Gasteiger partial charge in [0.05, 0.1) is 24.1 Å². The van der Waals surface area contributed by atoms with Gasteiger partial charge in [-0.15, -0.1) is 0 Å². The van der Waals surface area contributed by atoms with Crippen LogP contribution in [0.15, 0.2) is 36.5 Å². The van der Waals surface area contributed by atoms with Gasteiger partial charge in [0.25, 0.3) is 0 Å². The molecule has 0 unspecified atom stereocenters. The first-order valence-electron chi connectivity index (χ1n) is 6.96. The Hall–Kier alpha value is -2.36. The number of aromatic amines is 1. The van der Waals surface area contributed by atoms with Crippen molar-refractivity contribution in [3.05, 3.63) is 59.0 Å². The van der Waals surface area contributed by atoms with Crippen LogP contribution in [0.1, 0.15) is 22.5 Å². The standard InChI is InChI=1S/C16H16N4/c1-11-13-7-8-15-14(16(13)19-18-11)9-17-20(15)10-12-5-3-2-4-6-12/h2-6,9H,7-8,10H2,1H3,(H,18,19). The van der Waals surface area contributed by atoms with Gasteiger partial charge in [-0.2, -0.15) is 10.2 Å². The minimum atomic E-state index is 0.832. The van der Waals surface area contributed by atoms with Crippen molar-refractivity contribution < 1.29 is 0 Å². The molecule has 0 aliphatic heterocycles. The maximum atomic E-state index is 4.57. The summed E-state index contributed by atoms with van der Waals surface area (Å²) in [6, 6.07) is 10.5. The zero-order chi connectivity index (χ0) is 13.5. The Morgan fingerprint density at radius 1 is 1.20 bits per heavy atom. The van der Waals surface area contributed by atoms with Gasteiger partial charge in [0.15, 0.2) is 0 Å². The molecule has 0 saturated heterocycles. The average molecular weight is 264 g/mol. The van der Waals surface area contributed by atoms with Crippen molar-refractivity contribution in [2.24, 2.45) is 0 Å². The number of nitrogens with zero attached hydrogens (tertiary/aromatic N) is 3. The molecule has 0 bridgehead atoms. The lowest BCUT2D eigenvalue weighted by atomic mass is 9.94. The molecule has 4 heteroatoms. The molecule has 0 amide bonds. The van der Waals surface area contributed by atoms with Crippen LogP contribution in [0.3, 0.4) is 0 Å². The van der Waals surface area contributed by atoms with E-state index in [0.717, 1.165) is 30.8 Å². The summed E-state index contributed by atoms with van der Waals surface area (Å²) in [6.45, 7) is 2.90. The van der Waals surface area contributed by atoms with Crippen molar-refractivity contribution in [2.75, 3.05) is 0 Å². The number of rotatable bonds is 2. The molecule has 0 atom stereocenters. The second kappa shape index (κ2) is 4.34. The summed E-state index contributed by atoms with van der Waals surface area (Å²) in [4.78, 5) is 0. The normalized spacial score (nSPS) is 13.1. The lowest BCUT2D eigenvalue weighted by Gasteiger charge is -2.14. The second-order valence-corrected chi connectivity index (χ2v) is 5.31. The first-order chi connectivity index (χ1) is 9.83. The fourth-order valence-corrected chi connectivity index (χ4v) is 3.00. The monoisotopic (exact) mass is 264 g/mol. The highest BCUT2D eigenvalue weighted by Crippen LogP contribution is 2.33. The Morgan fingerprint density at radius 3 is 2.90 bits per heavy atom. The Balaban J connectivity index is 1.74. The molecule has 2 aromatic heterocycles. The molecule has 100 valence electrons. The molecule has 20 heavy (non-hydrogen) atoms. The molecule has 3 aromatic rings. The quantitative estimate of drug-likeness (QED) is 0.773. The maximum Gasteiger partial charge on any atom is 0.0719 e. The summed E-state index contributed by atoms with van der Waals surface area (Å²) >= 11 is 0. The van der Waals surface area contributed by atoms with Gasteiger partial charge in [-0.1, -0.05) is 30.3 Å². The minimum Gasteiger partial charge on any atom is -0.277 e. The molecule has 2 heterocycles. The van der Waals surface area contributed by atoms with Gasteiger partial charge in [0.1, 0.15) is 0 Å². The van der Waals surface area contributed by atoms with E-state index >= 15 is 0 Å². The number of hydrogen-bond acceptors (Lipinski definition) is 2. The Labute approximate surface area is 117 Å². The van der Waals surface area contributed by atoms with Crippen LogP contribution in [-0.2, 0) is 19.4 Å². The summed E-state index contributed by atoms with van der Waals surface area (Å²) < 4.78 is 2.11.